The molecule has 0 aromatic rings. The van der Waals surface area contributed by atoms with Crippen molar-refractivity contribution in [3.05, 3.63) is 0 Å². The van der Waals surface area contributed by atoms with Crippen LogP contribution in [0.15, 0.2) is 0 Å². The molecule has 4 aliphatic carbocycles. The SMILES string of the molecule is CC(=O)O[C@H]1CC[C@@]23[C@H](OC(C)=O)O[C@H](C[C@H]4[C@H]2CC[C@@]2(C)[C@H]4CC[C@H]2[C@@H](C)CCCC(C)C)C3(Cl)C1. The maximum atomic E-state index is 12.2. The molecule has 0 amide bonds. The van der Waals surface area contributed by atoms with Gasteiger partial charge in [0.1, 0.15) is 6.10 Å². The smallest absolute Gasteiger partial charge is 0.304 e. The molecular weight excluding hydrogens is 488 g/mol. The van der Waals surface area contributed by atoms with Gasteiger partial charge in [-0.3, -0.25) is 9.59 Å². The van der Waals surface area contributed by atoms with Crippen LogP contribution < -0.4 is 0 Å². The zero-order valence-electron chi connectivity index (χ0n) is 23.9. The number of rotatable bonds is 7. The van der Waals surface area contributed by atoms with Crippen LogP contribution in [-0.2, 0) is 23.8 Å². The fraction of sp³-hybridized carbons (Fsp3) is 0.935. The van der Waals surface area contributed by atoms with Gasteiger partial charge in [0.25, 0.3) is 0 Å². The van der Waals surface area contributed by atoms with E-state index in [2.05, 4.69) is 27.7 Å². The maximum Gasteiger partial charge on any atom is 0.304 e. The van der Waals surface area contributed by atoms with Gasteiger partial charge in [0.2, 0.25) is 6.29 Å². The van der Waals surface area contributed by atoms with E-state index in [1.54, 1.807) is 0 Å². The van der Waals surface area contributed by atoms with Crippen LogP contribution in [0.2, 0.25) is 0 Å². The number of carbonyl (C=O) groups excluding carboxylic acids is 2. The van der Waals surface area contributed by atoms with Crippen LogP contribution in [0.5, 0.6) is 0 Å². The Morgan fingerprint density at radius 2 is 1.70 bits per heavy atom. The number of halogens is 1. The third-order valence-corrected chi connectivity index (χ3v) is 12.5. The fourth-order valence-corrected chi connectivity index (χ4v) is 11.0. The first-order valence-corrected chi connectivity index (χ1v) is 15.5. The summed E-state index contributed by atoms with van der Waals surface area (Å²) in [6.45, 7) is 12.7. The largest absolute Gasteiger partial charge is 0.462 e. The monoisotopic (exact) mass is 536 g/mol. The quantitative estimate of drug-likeness (QED) is 0.253. The van der Waals surface area contributed by atoms with Gasteiger partial charge in [-0.1, -0.05) is 47.0 Å². The molecule has 1 aliphatic heterocycles. The minimum atomic E-state index is -0.664. The molecule has 210 valence electrons. The normalized spacial score (nSPS) is 47.1. The highest BCUT2D eigenvalue weighted by Gasteiger charge is 2.77. The number of hydrogen-bond acceptors (Lipinski definition) is 5. The number of fused-ring (bicyclic) bond motifs is 3. The second kappa shape index (κ2) is 9.98. The Hall–Kier alpha value is -0.810. The molecule has 2 bridgehead atoms. The van der Waals surface area contributed by atoms with Crippen LogP contribution in [-0.4, -0.2) is 35.3 Å². The van der Waals surface area contributed by atoms with Crippen LogP contribution in [0.1, 0.15) is 112 Å². The van der Waals surface area contributed by atoms with Gasteiger partial charge in [0.15, 0.2) is 0 Å². The zero-order valence-corrected chi connectivity index (χ0v) is 24.6. The first-order valence-electron chi connectivity index (χ1n) is 15.1. The number of alkyl halides is 1. The Morgan fingerprint density at radius 1 is 0.973 bits per heavy atom. The molecule has 4 saturated carbocycles. The lowest BCUT2D eigenvalue weighted by Crippen LogP contribution is -2.65. The maximum absolute atomic E-state index is 12.2. The highest BCUT2D eigenvalue weighted by atomic mass is 35.5. The van der Waals surface area contributed by atoms with Crippen molar-refractivity contribution in [2.75, 3.05) is 0 Å². The van der Waals surface area contributed by atoms with Gasteiger partial charge in [-0.05, 0) is 85.9 Å². The minimum Gasteiger partial charge on any atom is -0.462 e. The Kier molecular flexibility index (Phi) is 7.49. The van der Waals surface area contributed by atoms with E-state index < -0.39 is 16.6 Å². The summed E-state index contributed by atoms with van der Waals surface area (Å²) < 4.78 is 18.2. The van der Waals surface area contributed by atoms with Crippen molar-refractivity contribution in [2.24, 2.45) is 46.3 Å². The Labute approximate surface area is 229 Å². The Bertz CT molecular complexity index is 891. The van der Waals surface area contributed by atoms with Crippen LogP contribution >= 0.6 is 11.6 Å². The van der Waals surface area contributed by atoms with Crippen molar-refractivity contribution in [1.82, 2.24) is 0 Å². The van der Waals surface area contributed by atoms with E-state index in [4.69, 9.17) is 25.8 Å². The summed E-state index contributed by atoms with van der Waals surface area (Å²) in [6, 6.07) is 0. The van der Waals surface area contributed by atoms with Gasteiger partial charge in [-0.2, -0.15) is 0 Å². The predicted octanol–water partition coefficient (Wildman–Crippen LogP) is 7.28. The molecule has 6 heteroatoms. The average molecular weight is 537 g/mol. The summed E-state index contributed by atoms with van der Waals surface area (Å²) in [5.74, 6) is 3.37. The molecule has 1 unspecified atom stereocenters. The molecule has 5 fully saturated rings. The summed E-state index contributed by atoms with van der Waals surface area (Å²) in [5, 5.41) is 0. The molecule has 1 saturated heterocycles. The summed E-state index contributed by atoms with van der Waals surface area (Å²) in [6.07, 6.45) is 11.0. The van der Waals surface area contributed by atoms with Crippen LogP contribution in [0, 0.1) is 46.3 Å². The Balaban J connectivity index is 1.41. The number of carbonyl (C=O) groups is 2. The fourth-order valence-electron chi connectivity index (χ4n) is 10.4. The molecule has 1 heterocycles. The lowest BCUT2D eigenvalue weighted by Gasteiger charge is -2.62. The summed E-state index contributed by atoms with van der Waals surface area (Å²) in [4.78, 5) is 23.3. The molecule has 5 nitrogen and oxygen atoms in total. The minimum absolute atomic E-state index is 0.178. The summed E-state index contributed by atoms with van der Waals surface area (Å²) >= 11 is 7.64. The Morgan fingerprint density at radius 3 is 2.38 bits per heavy atom. The highest BCUT2D eigenvalue weighted by Crippen LogP contribution is 2.74. The van der Waals surface area contributed by atoms with Crippen LogP contribution in [0.25, 0.3) is 0 Å². The number of hydrogen-bond donors (Lipinski definition) is 0. The van der Waals surface area contributed by atoms with E-state index in [9.17, 15) is 9.59 Å². The van der Waals surface area contributed by atoms with Gasteiger partial charge in [-0.15, -0.1) is 11.6 Å². The van der Waals surface area contributed by atoms with Crippen molar-refractivity contribution in [1.29, 1.82) is 0 Å². The van der Waals surface area contributed by atoms with Gasteiger partial charge in [0.05, 0.1) is 16.4 Å². The lowest BCUT2D eigenvalue weighted by atomic mass is 9.43. The molecule has 5 aliphatic rings. The molecule has 0 aromatic carbocycles. The van der Waals surface area contributed by atoms with E-state index >= 15 is 0 Å². The zero-order chi connectivity index (χ0) is 26.8. The molecule has 0 aromatic heterocycles. The van der Waals surface area contributed by atoms with Crippen molar-refractivity contribution in [2.45, 2.75) is 136 Å². The van der Waals surface area contributed by atoms with Gasteiger partial charge in [0, 0.05) is 20.3 Å². The van der Waals surface area contributed by atoms with Gasteiger partial charge < -0.3 is 14.2 Å². The highest BCUT2D eigenvalue weighted by molar-refractivity contribution is 6.25. The topological polar surface area (TPSA) is 61.8 Å². The van der Waals surface area contributed by atoms with E-state index in [1.165, 1.54) is 52.4 Å². The molecule has 0 spiro atoms. The van der Waals surface area contributed by atoms with E-state index in [-0.39, 0.29) is 24.1 Å². The molecular formula is C31H49ClO5. The molecule has 0 radical (unpaired) electrons. The number of ether oxygens (including phenoxy) is 3. The van der Waals surface area contributed by atoms with Crippen molar-refractivity contribution in [3.63, 3.8) is 0 Å². The molecule has 0 N–H and O–H groups in total. The van der Waals surface area contributed by atoms with Crippen LogP contribution in [0.4, 0.5) is 0 Å². The predicted molar refractivity (Wildman–Crippen MR) is 144 cm³/mol. The first kappa shape index (κ1) is 27.7. The van der Waals surface area contributed by atoms with Crippen molar-refractivity contribution in [3.8, 4) is 0 Å². The van der Waals surface area contributed by atoms with E-state index in [1.807, 2.05) is 0 Å². The van der Waals surface area contributed by atoms with E-state index in [0.717, 1.165) is 43.4 Å². The summed E-state index contributed by atoms with van der Waals surface area (Å²) in [5.41, 5.74) is -0.0422. The second-order valence-corrected chi connectivity index (χ2v) is 14.8. The third-order valence-electron chi connectivity index (χ3n) is 11.8. The molecule has 11 atom stereocenters. The second-order valence-electron chi connectivity index (χ2n) is 14.1. The van der Waals surface area contributed by atoms with Crippen molar-refractivity contribution >= 4 is 23.5 Å². The van der Waals surface area contributed by atoms with Gasteiger partial charge >= 0.3 is 11.9 Å². The number of esters is 2. The van der Waals surface area contributed by atoms with E-state index in [0.29, 0.717) is 29.6 Å². The average Bonchev–Trinajstić information content (AvgIpc) is 3.20. The summed E-state index contributed by atoms with van der Waals surface area (Å²) in [7, 11) is 0. The standard InChI is InChI=1S/C31H49ClO5/c1-18(2)8-7-9-19(3)24-10-11-25-23-16-27-31(32)17-22(35-20(4)33)12-15-30(31,28(37-27)36-21(5)34)26(23)13-14-29(24,25)6/h18-19,22-28H,7-17H2,1-6H3/t19-,22-,23+,24-,25-,26+,27+,28+,29+,30-,31?/m0/s1. The van der Waals surface area contributed by atoms with Crippen molar-refractivity contribution < 1.29 is 23.8 Å². The molecule has 5 rings (SSSR count). The third kappa shape index (κ3) is 4.37. The lowest BCUT2D eigenvalue weighted by molar-refractivity contribution is -0.203. The van der Waals surface area contributed by atoms with Crippen LogP contribution in [0.3, 0.4) is 0 Å². The first-order chi connectivity index (χ1) is 17.4. The van der Waals surface area contributed by atoms with Gasteiger partial charge in [-0.25, -0.2) is 0 Å². The molecule has 37 heavy (non-hydrogen) atoms.